The van der Waals surface area contributed by atoms with Gasteiger partial charge in [-0.25, -0.2) is 4.98 Å². The number of nitrogens with one attached hydrogen (secondary N) is 2. The van der Waals surface area contributed by atoms with Gasteiger partial charge in [0.05, 0.1) is 12.2 Å². The van der Waals surface area contributed by atoms with Gasteiger partial charge in [0.1, 0.15) is 6.26 Å². The number of hydrogen-bond donors (Lipinski definition) is 2. The van der Waals surface area contributed by atoms with Crippen LogP contribution in [0.3, 0.4) is 0 Å². The first kappa shape index (κ1) is 25.2. The summed E-state index contributed by atoms with van der Waals surface area (Å²) >= 11 is 0. The molecular weight excluding hydrogens is 525 g/mol. The molecule has 176 valence electrons. The highest BCUT2D eigenvalue weighted by Crippen LogP contribution is 2.21. The first-order valence-corrected chi connectivity index (χ1v) is 11.4. The summed E-state index contributed by atoms with van der Waals surface area (Å²) in [6.07, 6.45) is 3.90. The fraction of sp³-hybridized carbons (Fsp3) is 0.385. The van der Waals surface area contributed by atoms with Gasteiger partial charge in [0.15, 0.2) is 5.96 Å². The van der Waals surface area contributed by atoms with Gasteiger partial charge in [-0.2, -0.15) is 0 Å². The van der Waals surface area contributed by atoms with E-state index in [4.69, 9.17) is 4.42 Å². The number of aromatic nitrogens is 1. The van der Waals surface area contributed by atoms with Crippen molar-refractivity contribution < 1.29 is 4.42 Å². The fourth-order valence-corrected chi connectivity index (χ4v) is 4.18. The summed E-state index contributed by atoms with van der Waals surface area (Å²) in [6.45, 7) is 7.04. The highest BCUT2D eigenvalue weighted by Gasteiger charge is 2.26. The predicted octanol–water partition coefficient (Wildman–Crippen LogP) is 4.99. The second-order valence-electron chi connectivity index (χ2n) is 8.61. The molecular formula is C26H34IN5O. The molecule has 0 amide bonds. The average Bonchev–Trinajstić information content (AvgIpc) is 3.28. The second-order valence-corrected chi connectivity index (χ2v) is 8.61. The van der Waals surface area contributed by atoms with Gasteiger partial charge in [0, 0.05) is 37.8 Å². The fourth-order valence-electron chi connectivity index (χ4n) is 4.18. The Balaban J connectivity index is 0.00000306. The summed E-state index contributed by atoms with van der Waals surface area (Å²) in [6, 6.07) is 19.8. The van der Waals surface area contributed by atoms with E-state index in [0.29, 0.717) is 24.5 Å². The van der Waals surface area contributed by atoms with Crippen LogP contribution in [-0.2, 0) is 13.1 Å². The number of nitrogens with zero attached hydrogens (tertiary/aromatic N) is 3. The van der Waals surface area contributed by atoms with Crippen molar-refractivity contribution in [2.75, 3.05) is 13.6 Å². The molecule has 2 heterocycles. The smallest absolute Gasteiger partial charge is 0.226 e. The standard InChI is InChI=1S/C26H33N5O.HI/c1-19-9-11-22(12-10-19)25-29-24(18-32-25)16-28-26(27-3)30-23-13-14-31(20(2)15-23)17-21-7-5-4-6-8-21;/h4-12,18,20,23H,13-17H2,1-3H3,(H2,27,28,30);1H. The molecule has 1 saturated heterocycles. The zero-order valence-corrected chi connectivity index (χ0v) is 22.0. The summed E-state index contributed by atoms with van der Waals surface area (Å²) in [4.78, 5) is 11.6. The topological polar surface area (TPSA) is 65.7 Å². The van der Waals surface area contributed by atoms with Crippen LogP contribution in [0.15, 0.2) is 70.3 Å². The van der Waals surface area contributed by atoms with Gasteiger partial charge >= 0.3 is 0 Å². The molecule has 2 aromatic carbocycles. The molecule has 2 atom stereocenters. The van der Waals surface area contributed by atoms with Crippen molar-refractivity contribution in [3.63, 3.8) is 0 Å². The first-order chi connectivity index (χ1) is 15.6. The van der Waals surface area contributed by atoms with E-state index in [1.165, 1.54) is 11.1 Å². The maximum absolute atomic E-state index is 5.66. The van der Waals surface area contributed by atoms with Gasteiger partial charge in [-0.3, -0.25) is 9.89 Å². The number of likely N-dealkylation sites (tertiary alicyclic amines) is 1. The normalized spacial score (nSPS) is 19.1. The largest absolute Gasteiger partial charge is 0.444 e. The van der Waals surface area contributed by atoms with Gasteiger partial charge in [-0.15, -0.1) is 24.0 Å². The summed E-state index contributed by atoms with van der Waals surface area (Å²) in [5.74, 6) is 1.45. The van der Waals surface area contributed by atoms with Crippen molar-refractivity contribution in [3.8, 4) is 11.5 Å². The molecule has 0 spiro atoms. The maximum Gasteiger partial charge on any atom is 0.226 e. The number of aliphatic imine (C=N–C) groups is 1. The number of rotatable bonds is 6. The summed E-state index contributed by atoms with van der Waals surface area (Å²) < 4.78 is 5.66. The van der Waals surface area contributed by atoms with Crippen LogP contribution in [0.25, 0.3) is 11.5 Å². The molecule has 0 bridgehead atoms. The maximum atomic E-state index is 5.66. The Bertz CT molecular complexity index is 1020. The Morgan fingerprint density at radius 3 is 2.61 bits per heavy atom. The molecule has 1 aliphatic heterocycles. The number of guanidine groups is 1. The second kappa shape index (κ2) is 12.2. The quantitative estimate of drug-likeness (QED) is 0.253. The van der Waals surface area contributed by atoms with Crippen LogP contribution in [-0.4, -0.2) is 41.5 Å². The van der Waals surface area contributed by atoms with Gasteiger partial charge in [-0.05, 0) is 44.4 Å². The molecule has 1 fully saturated rings. The van der Waals surface area contributed by atoms with Crippen molar-refractivity contribution in [3.05, 3.63) is 77.7 Å². The minimum absolute atomic E-state index is 0. The van der Waals surface area contributed by atoms with Gasteiger partial charge in [-0.1, -0.05) is 48.0 Å². The van der Waals surface area contributed by atoms with Crippen molar-refractivity contribution in [2.45, 2.75) is 51.9 Å². The third-order valence-electron chi connectivity index (χ3n) is 6.09. The first-order valence-electron chi connectivity index (χ1n) is 11.4. The van der Waals surface area contributed by atoms with Crippen LogP contribution in [0.1, 0.15) is 36.6 Å². The molecule has 2 unspecified atom stereocenters. The number of benzene rings is 2. The third kappa shape index (κ3) is 7.04. The van der Waals surface area contributed by atoms with E-state index in [-0.39, 0.29) is 24.0 Å². The molecule has 4 rings (SSSR count). The van der Waals surface area contributed by atoms with E-state index < -0.39 is 0 Å². The van der Waals surface area contributed by atoms with E-state index in [0.717, 1.165) is 43.1 Å². The number of hydrogen-bond acceptors (Lipinski definition) is 4. The van der Waals surface area contributed by atoms with E-state index in [1.54, 1.807) is 6.26 Å². The van der Waals surface area contributed by atoms with E-state index in [2.05, 4.69) is 81.8 Å². The van der Waals surface area contributed by atoms with Crippen LogP contribution in [0, 0.1) is 6.92 Å². The van der Waals surface area contributed by atoms with E-state index >= 15 is 0 Å². The minimum Gasteiger partial charge on any atom is -0.444 e. The lowest BCUT2D eigenvalue weighted by molar-refractivity contribution is 0.134. The minimum atomic E-state index is 0. The zero-order chi connectivity index (χ0) is 22.3. The summed E-state index contributed by atoms with van der Waals surface area (Å²) in [5, 5.41) is 6.96. The zero-order valence-electron chi connectivity index (χ0n) is 19.6. The Morgan fingerprint density at radius 1 is 1.15 bits per heavy atom. The highest BCUT2D eigenvalue weighted by atomic mass is 127. The Labute approximate surface area is 213 Å². The molecule has 0 aliphatic carbocycles. The Morgan fingerprint density at radius 2 is 1.91 bits per heavy atom. The van der Waals surface area contributed by atoms with Crippen LogP contribution in [0.4, 0.5) is 0 Å². The summed E-state index contributed by atoms with van der Waals surface area (Å²) in [7, 11) is 1.81. The van der Waals surface area contributed by atoms with Gasteiger partial charge < -0.3 is 15.1 Å². The van der Waals surface area contributed by atoms with Gasteiger partial charge in [0.2, 0.25) is 5.89 Å². The predicted molar refractivity (Wildman–Crippen MR) is 145 cm³/mol. The number of piperidine rings is 1. The number of oxazole rings is 1. The van der Waals surface area contributed by atoms with E-state index in [9.17, 15) is 0 Å². The number of aryl methyl sites for hydroxylation is 1. The molecule has 0 radical (unpaired) electrons. The summed E-state index contributed by atoms with van der Waals surface area (Å²) in [5.41, 5.74) is 4.44. The van der Waals surface area contributed by atoms with Crippen LogP contribution in [0.2, 0.25) is 0 Å². The monoisotopic (exact) mass is 559 g/mol. The van der Waals surface area contributed by atoms with Crippen molar-refractivity contribution in [1.82, 2.24) is 20.5 Å². The van der Waals surface area contributed by atoms with Crippen molar-refractivity contribution >= 4 is 29.9 Å². The van der Waals surface area contributed by atoms with Crippen LogP contribution >= 0.6 is 24.0 Å². The molecule has 3 aromatic rings. The lowest BCUT2D eigenvalue weighted by atomic mass is 9.97. The lowest BCUT2D eigenvalue weighted by Gasteiger charge is -2.38. The van der Waals surface area contributed by atoms with E-state index in [1.807, 2.05) is 19.2 Å². The molecule has 2 N–H and O–H groups in total. The SMILES string of the molecule is CN=C(NCc1coc(-c2ccc(C)cc2)n1)NC1CCN(Cc2ccccc2)C(C)C1.I. The molecule has 0 saturated carbocycles. The van der Waals surface area contributed by atoms with Crippen molar-refractivity contribution in [2.24, 2.45) is 4.99 Å². The van der Waals surface area contributed by atoms with Crippen LogP contribution < -0.4 is 10.6 Å². The lowest BCUT2D eigenvalue weighted by Crippen LogP contribution is -2.51. The highest BCUT2D eigenvalue weighted by molar-refractivity contribution is 14.0. The van der Waals surface area contributed by atoms with Gasteiger partial charge in [0.25, 0.3) is 0 Å². The number of halogens is 1. The Kier molecular flexibility index (Phi) is 9.31. The molecule has 33 heavy (non-hydrogen) atoms. The average molecular weight is 559 g/mol. The molecule has 1 aromatic heterocycles. The molecule has 7 heteroatoms. The van der Waals surface area contributed by atoms with Crippen LogP contribution in [0.5, 0.6) is 0 Å². The van der Waals surface area contributed by atoms with Crippen molar-refractivity contribution in [1.29, 1.82) is 0 Å². The third-order valence-corrected chi connectivity index (χ3v) is 6.09. The Hall–Kier alpha value is -2.39. The molecule has 6 nitrogen and oxygen atoms in total. The molecule has 1 aliphatic rings.